The molecule has 0 unspecified atom stereocenters. The summed E-state index contributed by atoms with van der Waals surface area (Å²) in [7, 11) is 3.14. The predicted octanol–water partition coefficient (Wildman–Crippen LogP) is 2.26. The van der Waals surface area contributed by atoms with Crippen molar-refractivity contribution in [1.82, 2.24) is 15.0 Å². The van der Waals surface area contributed by atoms with E-state index in [4.69, 9.17) is 19.9 Å². The summed E-state index contributed by atoms with van der Waals surface area (Å²) in [5.74, 6) is 2.40. The third kappa shape index (κ3) is 4.37. The van der Waals surface area contributed by atoms with E-state index in [1.807, 2.05) is 0 Å². The molecule has 2 heterocycles. The number of methoxy groups -OCH3 is 2. The van der Waals surface area contributed by atoms with Gasteiger partial charge in [0.2, 0.25) is 5.95 Å². The van der Waals surface area contributed by atoms with Crippen molar-refractivity contribution in [1.29, 1.82) is 0 Å². The molecule has 2 aromatic rings. The number of pyridine rings is 1. The lowest BCUT2D eigenvalue weighted by Crippen LogP contribution is -2.09. The number of nitrogens with two attached hydrogens (primary N) is 1. The molecule has 8 nitrogen and oxygen atoms in total. The summed E-state index contributed by atoms with van der Waals surface area (Å²) in [5, 5.41) is 3.21. The SMILES string of the molecule is CCCCNc1nc(N)ncc1OCc1nccc(OC)c1OC. The van der Waals surface area contributed by atoms with Gasteiger partial charge in [0.05, 0.1) is 20.4 Å². The second-order valence-corrected chi connectivity index (χ2v) is 5.00. The van der Waals surface area contributed by atoms with Crippen LogP contribution in [0.25, 0.3) is 0 Å². The van der Waals surface area contributed by atoms with Gasteiger partial charge in [0, 0.05) is 18.8 Å². The lowest BCUT2D eigenvalue weighted by molar-refractivity contribution is 0.284. The lowest BCUT2D eigenvalue weighted by atomic mass is 10.3. The lowest BCUT2D eigenvalue weighted by Gasteiger charge is -2.14. The zero-order valence-electron chi connectivity index (χ0n) is 14.2. The van der Waals surface area contributed by atoms with Crippen LogP contribution in [-0.2, 0) is 6.61 Å². The van der Waals surface area contributed by atoms with Crippen LogP contribution >= 0.6 is 0 Å². The molecule has 0 saturated heterocycles. The molecule has 0 aliphatic heterocycles. The standard InChI is InChI=1S/C16H23N5O3/c1-4-5-7-19-15-13(9-20-16(17)21-15)24-10-11-14(23-3)12(22-2)6-8-18-11/h6,8-9H,4-5,7,10H2,1-3H3,(H3,17,19,20,21). The number of aromatic nitrogens is 3. The average molecular weight is 333 g/mol. The van der Waals surface area contributed by atoms with Crippen LogP contribution in [0.4, 0.5) is 11.8 Å². The summed E-state index contributed by atoms with van der Waals surface area (Å²) in [6.07, 6.45) is 5.28. The molecule has 8 heteroatoms. The van der Waals surface area contributed by atoms with Gasteiger partial charge >= 0.3 is 0 Å². The van der Waals surface area contributed by atoms with E-state index in [2.05, 4.69) is 27.2 Å². The molecule has 0 spiro atoms. The highest BCUT2D eigenvalue weighted by atomic mass is 16.5. The molecule has 0 aliphatic rings. The van der Waals surface area contributed by atoms with Gasteiger partial charge in [-0.1, -0.05) is 13.3 Å². The Labute approximate surface area is 141 Å². The molecule has 0 aliphatic carbocycles. The normalized spacial score (nSPS) is 10.3. The van der Waals surface area contributed by atoms with Crippen LogP contribution in [0, 0.1) is 0 Å². The maximum absolute atomic E-state index is 5.81. The first kappa shape index (κ1) is 17.6. The molecule has 3 N–H and O–H groups in total. The molecule has 0 saturated carbocycles. The zero-order chi connectivity index (χ0) is 17.4. The third-order valence-electron chi connectivity index (χ3n) is 3.33. The van der Waals surface area contributed by atoms with E-state index in [9.17, 15) is 0 Å². The molecule has 0 radical (unpaired) electrons. The fraction of sp³-hybridized carbons (Fsp3) is 0.438. The molecule has 24 heavy (non-hydrogen) atoms. The number of hydrogen-bond acceptors (Lipinski definition) is 8. The zero-order valence-corrected chi connectivity index (χ0v) is 14.2. The van der Waals surface area contributed by atoms with E-state index in [1.54, 1.807) is 32.7 Å². The number of nitrogens with zero attached hydrogens (tertiary/aromatic N) is 3. The van der Waals surface area contributed by atoms with E-state index in [0.29, 0.717) is 28.8 Å². The van der Waals surface area contributed by atoms with Crippen molar-refractivity contribution in [3.63, 3.8) is 0 Å². The summed E-state index contributed by atoms with van der Waals surface area (Å²) in [6.45, 7) is 3.09. The van der Waals surface area contributed by atoms with E-state index < -0.39 is 0 Å². The van der Waals surface area contributed by atoms with Crippen LogP contribution < -0.4 is 25.3 Å². The summed E-state index contributed by atoms with van der Waals surface area (Å²) >= 11 is 0. The molecule has 130 valence electrons. The van der Waals surface area contributed by atoms with Crippen molar-refractivity contribution < 1.29 is 14.2 Å². The van der Waals surface area contributed by atoms with E-state index in [0.717, 1.165) is 19.4 Å². The third-order valence-corrected chi connectivity index (χ3v) is 3.33. The Kier molecular flexibility index (Phi) is 6.41. The first-order valence-corrected chi connectivity index (χ1v) is 7.74. The minimum atomic E-state index is 0.191. The molecule has 0 bridgehead atoms. The molecule has 2 aromatic heterocycles. The number of hydrogen-bond donors (Lipinski definition) is 2. The number of anilines is 2. The van der Waals surface area contributed by atoms with Crippen LogP contribution in [-0.4, -0.2) is 35.7 Å². The number of nitrogens with one attached hydrogen (secondary N) is 1. The molecule has 0 atom stereocenters. The van der Waals surface area contributed by atoms with Crippen LogP contribution in [0.5, 0.6) is 17.2 Å². The van der Waals surface area contributed by atoms with Crippen molar-refractivity contribution in [2.45, 2.75) is 26.4 Å². The molecule has 0 amide bonds. The topological polar surface area (TPSA) is 104 Å². The van der Waals surface area contributed by atoms with Gasteiger partial charge in [-0.05, 0) is 6.42 Å². The monoisotopic (exact) mass is 333 g/mol. The number of rotatable bonds is 9. The number of unbranched alkanes of at least 4 members (excludes halogenated alkanes) is 1. The predicted molar refractivity (Wildman–Crippen MR) is 91.5 cm³/mol. The Morgan fingerprint density at radius 3 is 2.71 bits per heavy atom. The van der Waals surface area contributed by atoms with E-state index in [1.165, 1.54) is 0 Å². The van der Waals surface area contributed by atoms with Gasteiger partial charge < -0.3 is 25.3 Å². The smallest absolute Gasteiger partial charge is 0.222 e. The van der Waals surface area contributed by atoms with Gasteiger partial charge in [0.25, 0.3) is 0 Å². The van der Waals surface area contributed by atoms with Gasteiger partial charge in [-0.2, -0.15) is 4.98 Å². The largest absolute Gasteiger partial charge is 0.493 e. The Hall–Kier alpha value is -2.77. The highest BCUT2D eigenvalue weighted by Crippen LogP contribution is 2.30. The van der Waals surface area contributed by atoms with Crippen LogP contribution in [0.15, 0.2) is 18.5 Å². The minimum Gasteiger partial charge on any atom is -0.493 e. The van der Waals surface area contributed by atoms with Gasteiger partial charge in [-0.3, -0.25) is 4.98 Å². The van der Waals surface area contributed by atoms with Crippen molar-refractivity contribution in [2.24, 2.45) is 0 Å². The first-order valence-electron chi connectivity index (χ1n) is 7.74. The molecule has 0 fully saturated rings. The molecular weight excluding hydrogens is 310 g/mol. The van der Waals surface area contributed by atoms with Crippen LogP contribution in [0.2, 0.25) is 0 Å². The average Bonchev–Trinajstić information content (AvgIpc) is 2.60. The fourth-order valence-corrected chi connectivity index (χ4v) is 2.10. The van der Waals surface area contributed by atoms with Gasteiger partial charge in [0.15, 0.2) is 23.1 Å². The second kappa shape index (κ2) is 8.76. The van der Waals surface area contributed by atoms with Gasteiger partial charge in [-0.15, -0.1) is 0 Å². The maximum Gasteiger partial charge on any atom is 0.222 e. The summed E-state index contributed by atoms with van der Waals surface area (Å²) in [4.78, 5) is 12.4. The Balaban J connectivity index is 2.14. The maximum atomic E-state index is 5.81. The second-order valence-electron chi connectivity index (χ2n) is 5.00. The minimum absolute atomic E-state index is 0.191. The van der Waals surface area contributed by atoms with Crippen molar-refractivity contribution in [2.75, 3.05) is 31.8 Å². The number of nitrogen functional groups attached to an aromatic ring is 1. The molecule has 2 rings (SSSR count). The fourth-order valence-electron chi connectivity index (χ4n) is 2.10. The highest BCUT2D eigenvalue weighted by Gasteiger charge is 2.13. The Morgan fingerprint density at radius 1 is 1.17 bits per heavy atom. The van der Waals surface area contributed by atoms with Crippen molar-refractivity contribution in [3.05, 3.63) is 24.2 Å². The summed E-state index contributed by atoms with van der Waals surface area (Å²) < 4.78 is 16.4. The summed E-state index contributed by atoms with van der Waals surface area (Å²) in [5.41, 5.74) is 6.27. The van der Waals surface area contributed by atoms with E-state index >= 15 is 0 Å². The van der Waals surface area contributed by atoms with Gasteiger partial charge in [0.1, 0.15) is 12.3 Å². The summed E-state index contributed by atoms with van der Waals surface area (Å²) in [6, 6.07) is 1.73. The van der Waals surface area contributed by atoms with Crippen LogP contribution in [0.3, 0.4) is 0 Å². The van der Waals surface area contributed by atoms with Crippen molar-refractivity contribution in [3.8, 4) is 17.2 Å². The Bertz CT molecular complexity index is 666. The van der Waals surface area contributed by atoms with Crippen LogP contribution in [0.1, 0.15) is 25.5 Å². The first-order chi connectivity index (χ1) is 11.7. The molecule has 0 aromatic carbocycles. The van der Waals surface area contributed by atoms with Gasteiger partial charge in [-0.25, -0.2) is 4.98 Å². The number of ether oxygens (including phenoxy) is 3. The van der Waals surface area contributed by atoms with Crippen molar-refractivity contribution >= 4 is 11.8 Å². The Morgan fingerprint density at radius 2 is 2.00 bits per heavy atom. The highest BCUT2D eigenvalue weighted by molar-refractivity contribution is 5.51. The van der Waals surface area contributed by atoms with E-state index in [-0.39, 0.29) is 12.6 Å². The quantitative estimate of drug-likeness (QED) is 0.673. The molecular formula is C16H23N5O3.